The van der Waals surface area contributed by atoms with Crippen molar-refractivity contribution in [3.8, 4) is 17.3 Å². The van der Waals surface area contributed by atoms with Crippen molar-refractivity contribution in [1.29, 1.82) is 5.26 Å². The monoisotopic (exact) mass is 283 g/mol. The third-order valence-corrected chi connectivity index (χ3v) is 3.22. The van der Waals surface area contributed by atoms with Crippen LogP contribution in [0.3, 0.4) is 0 Å². The standard InChI is InChI=1S/C15H7ClFN3/c16-15-13-4-2-1-3-12(13)14(19-20-15)10-5-9(8-18)6-11(17)7-10/h1-7H. The molecule has 0 unspecified atom stereocenters. The maximum atomic E-state index is 13.6. The Morgan fingerprint density at radius 1 is 1.05 bits per heavy atom. The molecule has 3 rings (SSSR count). The van der Waals surface area contributed by atoms with Gasteiger partial charge in [-0.15, -0.1) is 10.2 Å². The molecule has 0 atom stereocenters. The Morgan fingerprint density at radius 3 is 2.55 bits per heavy atom. The molecule has 20 heavy (non-hydrogen) atoms. The lowest BCUT2D eigenvalue weighted by Gasteiger charge is -2.06. The molecule has 96 valence electrons. The van der Waals surface area contributed by atoms with Crippen molar-refractivity contribution in [1.82, 2.24) is 10.2 Å². The van der Waals surface area contributed by atoms with Crippen molar-refractivity contribution in [3.63, 3.8) is 0 Å². The Bertz CT molecular complexity index is 855. The van der Waals surface area contributed by atoms with Gasteiger partial charge < -0.3 is 0 Å². The summed E-state index contributed by atoms with van der Waals surface area (Å²) in [6.45, 7) is 0. The molecule has 0 aliphatic carbocycles. The second-order valence-electron chi connectivity index (χ2n) is 4.23. The zero-order chi connectivity index (χ0) is 14.1. The minimum atomic E-state index is -0.486. The first kappa shape index (κ1) is 12.5. The molecule has 3 nitrogen and oxygen atoms in total. The number of nitrogens with zero attached hydrogens (tertiary/aromatic N) is 3. The van der Waals surface area contributed by atoms with Crippen LogP contribution in [0, 0.1) is 17.1 Å². The van der Waals surface area contributed by atoms with Crippen molar-refractivity contribution in [3.05, 3.63) is 59.0 Å². The first-order chi connectivity index (χ1) is 9.69. The second kappa shape index (κ2) is 4.87. The smallest absolute Gasteiger partial charge is 0.159 e. The highest BCUT2D eigenvalue weighted by Crippen LogP contribution is 2.30. The number of fused-ring (bicyclic) bond motifs is 1. The van der Waals surface area contributed by atoms with Gasteiger partial charge in [0.05, 0.1) is 11.6 Å². The average Bonchev–Trinajstić information content (AvgIpc) is 2.47. The first-order valence-electron chi connectivity index (χ1n) is 5.81. The summed E-state index contributed by atoms with van der Waals surface area (Å²) in [5, 5.41) is 18.6. The zero-order valence-electron chi connectivity index (χ0n) is 10.1. The largest absolute Gasteiger partial charge is 0.207 e. The van der Waals surface area contributed by atoms with Crippen LogP contribution in [0.4, 0.5) is 4.39 Å². The predicted molar refractivity (Wildman–Crippen MR) is 74.7 cm³/mol. The van der Waals surface area contributed by atoms with Crippen LogP contribution in [-0.2, 0) is 0 Å². The van der Waals surface area contributed by atoms with Crippen LogP contribution in [0.25, 0.3) is 22.0 Å². The van der Waals surface area contributed by atoms with Gasteiger partial charge in [-0.05, 0) is 18.2 Å². The Kier molecular flexibility index (Phi) is 3.05. The molecule has 0 saturated heterocycles. The number of nitriles is 1. The van der Waals surface area contributed by atoms with Crippen LogP contribution in [0.15, 0.2) is 42.5 Å². The Morgan fingerprint density at radius 2 is 1.80 bits per heavy atom. The summed E-state index contributed by atoms with van der Waals surface area (Å²) in [6.07, 6.45) is 0. The van der Waals surface area contributed by atoms with Crippen molar-refractivity contribution >= 4 is 22.4 Å². The SMILES string of the molecule is N#Cc1cc(F)cc(-c2nnc(Cl)c3ccccc23)c1. The van der Waals surface area contributed by atoms with Crippen molar-refractivity contribution in [2.24, 2.45) is 0 Å². The van der Waals surface area contributed by atoms with E-state index >= 15 is 0 Å². The van der Waals surface area contributed by atoms with E-state index in [2.05, 4.69) is 10.2 Å². The van der Waals surface area contributed by atoms with Crippen molar-refractivity contribution in [2.45, 2.75) is 0 Å². The quantitative estimate of drug-likeness (QED) is 0.679. The van der Waals surface area contributed by atoms with E-state index in [1.54, 1.807) is 6.07 Å². The van der Waals surface area contributed by atoms with E-state index in [-0.39, 0.29) is 5.56 Å². The van der Waals surface area contributed by atoms with Crippen LogP contribution in [0.5, 0.6) is 0 Å². The van der Waals surface area contributed by atoms with E-state index in [1.165, 1.54) is 12.1 Å². The fourth-order valence-corrected chi connectivity index (χ4v) is 2.28. The maximum absolute atomic E-state index is 13.6. The molecule has 0 bridgehead atoms. The first-order valence-corrected chi connectivity index (χ1v) is 6.19. The second-order valence-corrected chi connectivity index (χ2v) is 4.58. The van der Waals surface area contributed by atoms with Gasteiger partial charge in [0, 0.05) is 16.3 Å². The topological polar surface area (TPSA) is 49.6 Å². The molecule has 0 spiro atoms. The van der Waals surface area contributed by atoms with Crippen molar-refractivity contribution in [2.75, 3.05) is 0 Å². The summed E-state index contributed by atoms with van der Waals surface area (Å²) in [7, 11) is 0. The zero-order valence-corrected chi connectivity index (χ0v) is 10.9. The van der Waals surface area contributed by atoms with Gasteiger partial charge in [-0.2, -0.15) is 5.26 Å². The Hall–Kier alpha value is -2.51. The summed E-state index contributed by atoms with van der Waals surface area (Å²) < 4.78 is 13.6. The fraction of sp³-hybridized carbons (Fsp3) is 0. The summed E-state index contributed by atoms with van der Waals surface area (Å²) in [5.41, 5.74) is 1.24. The molecule has 0 amide bonds. The molecule has 0 N–H and O–H groups in total. The highest BCUT2D eigenvalue weighted by atomic mass is 35.5. The minimum absolute atomic E-state index is 0.237. The molecular weight excluding hydrogens is 277 g/mol. The highest BCUT2D eigenvalue weighted by Gasteiger charge is 2.11. The summed E-state index contributed by atoms with van der Waals surface area (Å²) in [5.74, 6) is -0.486. The number of hydrogen-bond donors (Lipinski definition) is 0. The molecule has 2 aromatic carbocycles. The Labute approximate surface area is 119 Å². The van der Waals surface area contributed by atoms with Gasteiger partial charge in [0.2, 0.25) is 0 Å². The van der Waals surface area contributed by atoms with E-state index in [9.17, 15) is 4.39 Å². The van der Waals surface area contributed by atoms with Crippen LogP contribution in [0.2, 0.25) is 5.15 Å². The molecule has 0 aliphatic heterocycles. The van der Waals surface area contributed by atoms with Gasteiger partial charge in [-0.25, -0.2) is 4.39 Å². The van der Waals surface area contributed by atoms with Crippen LogP contribution >= 0.6 is 11.6 Å². The molecule has 0 radical (unpaired) electrons. The minimum Gasteiger partial charge on any atom is -0.207 e. The third kappa shape index (κ3) is 2.09. The van der Waals surface area contributed by atoms with E-state index in [0.717, 1.165) is 10.8 Å². The molecule has 0 fully saturated rings. The molecule has 1 aromatic heterocycles. The highest BCUT2D eigenvalue weighted by molar-refractivity contribution is 6.34. The molecule has 5 heteroatoms. The lowest BCUT2D eigenvalue weighted by molar-refractivity contribution is 0.628. The van der Waals surface area contributed by atoms with Gasteiger partial charge in [0.1, 0.15) is 11.5 Å². The van der Waals surface area contributed by atoms with Crippen LogP contribution < -0.4 is 0 Å². The number of halogens is 2. The average molecular weight is 284 g/mol. The molecule has 0 saturated carbocycles. The normalized spacial score (nSPS) is 10.4. The summed E-state index contributed by atoms with van der Waals surface area (Å²) >= 11 is 6.01. The summed E-state index contributed by atoms with van der Waals surface area (Å²) in [4.78, 5) is 0. The number of benzene rings is 2. The number of aromatic nitrogens is 2. The summed E-state index contributed by atoms with van der Waals surface area (Å²) in [6, 6.07) is 13.3. The molecular formula is C15H7ClFN3. The number of rotatable bonds is 1. The van der Waals surface area contributed by atoms with Gasteiger partial charge in [-0.1, -0.05) is 35.9 Å². The lowest BCUT2D eigenvalue weighted by atomic mass is 10.0. The van der Waals surface area contributed by atoms with Crippen LogP contribution in [-0.4, -0.2) is 10.2 Å². The molecule has 3 aromatic rings. The number of hydrogen-bond acceptors (Lipinski definition) is 3. The molecule has 1 heterocycles. The van der Waals surface area contributed by atoms with E-state index in [0.29, 0.717) is 16.4 Å². The predicted octanol–water partition coefficient (Wildman–Crippen LogP) is 3.96. The fourth-order valence-electron chi connectivity index (χ4n) is 2.08. The van der Waals surface area contributed by atoms with Gasteiger partial charge in [-0.3, -0.25) is 0 Å². The third-order valence-electron chi connectivity index (χ3n) is 2.94. The maximum Gasteiger partial charge on any atom is 0.159 e. The molecule has 0 aliphatic rings. The van der Waals surface area contributed by atoms with E-state index in [1.807, 2.05) is 30.3 Å². The lowest BCUT2D eigenvalue weighted by Crippen LogP contribution is -1.93. The van der Waals surface area contributed by atoms with Crippen molar-refractivity contribution < 1.29 is 4.39 Å². The van der Waals surface area contributed by atoms with E-state index in [4.69, 9.17) is 16.9 Å². The van der Waals surface area contributed by atoms with Gasteiger partial charge in [0.25, 0.3) is 0 Å². The van der Waals surface area contributed by atoms with E-state index < -0.39 is 5.82 Å². The Balaban J connectivity index is 2.33. The van der Waals surface area contributed by atoms with Crippen LogP contribution in [0.1, 0.15) is 5.56 Å². The van der Waals surface area contributed by atoms with Gasteiger partial charge in [0.15, 0.2) is 5.15 Å². The van der Waals surface area contributed by atoms with Gasteiger partial charge >= 0.3 is 0 Å².